The van der Waals surface area contributed by atoms with Gasteiger partial charge in [0.25, 0.3) is 0 Å². The van der Waals surface area contributed by atoms with E-state index in [0.717, 1.165) is 27.5 Å². The summed E-state index contributed by atoms with van der Waals surface area (Å²) < 4.78 is 7.22. The van der Waals surface area contributed by atoms with Crippen LogP contribution in [0.1, 0.15) is 17.3 Å². The first-order valence-corrected chi connectivity index (χ1v) is 8.59. The molecule has 26 heavy (non-hydrogen) atoms. The van der Waals surface area contributed by atoms with E-state index in [4.69, 9.17) is 4.74 Å². The molecule has 0 spiro atoms. The lowest BCUT2D eigenvalue weighted by Gasteiger charge is -2.12. The molecule has 1 N–H and O–H groups in total. The van der Waals surface area contributed by atoms with Gasteiger partial charge in [0.2, 0.25) is 0 Å². The third kappa shape index (κ3) is 2.34. The van der Waals surface area contributed by atoms with Gasteiger partial charge in [-0.05, 0) is 24.6 Å². The number of esters is 1. The van der Waals surface area contributed by atoms with Crippen LogP contribution in [0.4, 0.5) is 0 Å². The van der Waals surface area contributed by atoms with Crippen LogP contribution in [0.3, 0.4) is 0 Å². The summed E-state index contributed by atoms with van der Waals surface area (Å²) in [4.78, 5) is 12.4. The van der Waals surface area contributed by atoms with Crippen LogP contribution >= 0.6 is 0 Å². The fourth-order valence-electron chi connectivity index (χ4n) is 3.57. The minimum atomic E-state index is -0.517. The number of aromatic nitrogens is 1. The van der Waals surface area contributed by atoms with Crippen LogP contribution in [0.25, 0.3) is 32.9 Å². The molecule has 3 aromatic carbocycles. The Bertz CT molecular complexity index is 1130. The first-order chi connectivity index (χ1) is 12.6. The Morgan fingerprint density at radius 2 is 1.77 bits per heavy atom. The summed E-state index contributed by atoms with van der Waals surface area (Å²) in [5, 5.41) is 12.5. The average Bonchev–Trinajstić information content (AvgIpc) is 2.97. The SMILES string of the molecule is CCOC(=O)c1cc(-c2ccccc2)c2c(c1O)c1ccccc1n2C. The minimum absolute atomic E-state index is 0.0325. The summed E-state index contributed by atoms with van der Waals surface area (Å²) in [6.07, 6.45) is 0. The second-order valence-corrected chi connectivity index (χ2v) is 6.21. The maximum absolute atomic E-state index is 12.4. The van der Waals surface area contributed by atoms with Gasteiger partial charge in [0, 0.05) is 23.5 Å². The maximum Gasteiger partial charge on any atom is 0.341 e. The zero-order valence-electron chi connectivity index (χ0n) is 14.7. The number of hydrogen-bond acceptors (Lipinski definition) is 3. The van der Waals surface area contributed by atoms with Gasteiger partial charge in [-0.3, -0.25) is 0 Å². The Morgan fingerprint density at radius 3 is 2.50 bits per heavy atom. The Balaban J connectivity index is 2.18. The van der Waals surface area contributed by atoms with Crippen molar-refractivity contribution in [3.63, 3.8) is 0 Å². The van der Waals surface area contributed by atoms with Crippen molar-refractivity contribution in [2.75, 3.05) is 6.61 Å². The number of benzene rings is 3. The minimum Gasteiger partial charge on any atom is -0.506 e. The highest BCUT2D eigenvalue weighted by atomic mass is 16.5. The zero-order valence-corrected chi connectivity index (χ0v) is 14.7. The number of ether oxygens (including phenoxy) is 1. The lowest BCUT2D eigenvalue weighted by molar-refractivity contribution is 0.0523. The van der Waals surface area contributed by atoms with Gasteiger partial charge in [-0.1, -0.05) is 48.5 Å². The van der Waals surface area contributed by atoms with E-state index in [1.54, 1.807) is 13.0 Å². The molecule has 1 aromatic heterocycles. The molecule has 0 saturated heterocycles. The highest BCUT2D eigenvalue weighted by molar-refractivity contribution is 6.18. The predicted octanol–water partition coefficient (Wildman–Crippen LogP) is 4.88. The van der Waals surface area contributed by atoms with E-state index in [1.807, 2.05) is 61.6 Å². The number of carbonyl (C=O) groups is 1. The van der Waals surface area contributed by atoms with Crippen LogP contribution in [-0.4, -0.2) is 22.2 Å². The Morgan fingerprint density at radius 1 is 1.08 bits per heavy atom. The van der Waals surface area contributed by atoms with Gasteiger partial charge in [0.05, 0.1) is 17.5 Å². The van der Waals surface area contributed by atoms with E-state index >= 15 is 0 Å². The average molecular weight is 345 g/mol. The van der Waals surface area contributed by atoms with Crippen LogP contribution in [0.15, 0.2) is 60.7 Å². The van der Waals surface area contributed by atoms with E-state index < -0.39 is 5.97 Å². The number of aromatic hydroxyl groups is 1. The number of phenols is 1. The molecule has 1 heterocycles. The van der Waals surface area contributed by atoms with E-state index in [2.05, 4.69) is 4.57 Å². The largest absolute Gasteiger partial charge is 0.506 e. The molecule has 0 saturated carbocycles. The molecule has 130 valence electrons. The highest BCUT2D eigenvalue weighted by Gasteiger charge is 2.23. The topological polar surface area (TPSA) is 51.5 Å². The second kappa shape index (κ2) is 6.23. The molecule has 0 unspecified atom stereocenters. The fourth-order valence-corrected chi connectivity index (χ4v) is 3.57. The van der Waals surface area contributed by atoms with Crippen molar-refractivity contribution < 1.29 is 14.6 Å². The van der Waals surface area contributed by atoms with Crippen LogP contribution in [-0.2, 0) is 11.8 Å². The molecule has 0 bridgehead atoms. The first kappa shape index (κ1) is 16.2. The molecule has 0 aliphatic carbocycles. The van der Waals surface area contributed by atoms with Gasteiger partial charge in [0.1, 0.15) is 11.3 Å². The number of carbonyl (C=O) groups excluding carboxylic acids is 1. The third-order valence-electron chi connectivity index (χ3n) is 4.72. The fraction of sp³-hybridized carbons (Fsp3) is 0.136. The van der Waals surface area contributed by atoms with Crippen molar-refractivity contribution >= 4 is 27.8 Å². The molecular formula is C22H19NO3. The molecular weight excluding hydrogens is 326 g/mol. The summed E-state index contributed by atoms with van der Waals surface area (Å²) in [5.41, 5.74) is 3.95. The number of aryl methyl sites for hydroxylation is 1. The maximum atomic E-state index is 12.4. The lowest BCUT2D eigenvalue weighted by Crippen LogP contribution is -2.06. The summed E-state index contributed by atoms with van der Waals surface area (Å²) >= 11 is 0. The van der Waals surface area contributed by atoms with Gasteiger partial charge in [-0.15, -0.1) is 0 Å². The van der Waals surface area contributed by atoms with Crippen LogP contribution in [0.2, 0.25) is 0 Å². The molecule has 0 aliphatic rings. The third-order valence-corrected chi connectivity index (χ3v) is 4.72. The number of phenolic OH excluding ortho intramolecular Hbond substituents is 1. The molecule has 0 radical (unpaired) electrons. The molecule has 4 nitrogen and oxygen atoms in total. The van der Waals surface area contributed by atoms with Gasteiger partial charge in [-0.2, -0.15) is 0 Å². The molecule has 0 fully saturated rings. The lowest BCUT2D eigenvalue weighted by atomic mass is 9.97. The van der Waals surface area contributed by atoms with Crippen LogP contribution < -0.4 is 0 Å². The Labute approximate surface area is 151 Å². The molecule has 0 aliphatic heterocycles. The monoisotopic (exact) mass is 345 g/mol. The Kier molecular flexibility index (Phi) is 3.88. The quantitative estimate of drug-likeness (QED) is 0.538. The van der Waals surface area contributed by atoms with Crippen LogP contribution in [0, 0.1) is 0 Å². The van der Waals surface area contributed by atoms with Crippen molar-refractivity contribution in [1.29, 1.82) is 0 Å². The van der Waals surface area contributed by atoms with Crippen LogP contribution in [0.5, 0.6) is 5.75 Å². The highest BCUT2D eigenvalue weighted by Crippen LogP contribution is 2.42. The van der Waals surface area contributed by atoms with Crippen molar-refractivity contribution in [3.8, 4) is 16.9 Å². The van der Waals surface area contributed by atoms with Gasteiger partial charge in [0.15, 0.2) is 0 Å². The summed E-state index contributed by atoms with van der Waals surface area (Å²) in [7, 11) is 1.97. The van der Waals surface area contributed by atoms with Gasteiger partial charge < -0.3 is 14.4 Å². The van der Waals surface area contributed by atoms with Gasteiger partial charge >= 0.3 is 5.97 Å². The number of nitrogens with zero attached hydrogens (tertiary/aromatic N) is 1. The van der Waals surface area contributed by atoms with E-state index in [-0.39, 0.29) is 17.9 Å². The van der Waals surface area contributed by atoms with Crippen molar-refractivity contribution in [3.05, 3.63) is 66.2 Å². The molecule has 4 rings (SSSR count). The standard InChI is InChI=1S/C22H19NO3/c1-3-26-22(25)17-13-16(14-9-5-4-6-10-14)20-19(21(17)24)15-11-7-8-12-18(15)23(20)2/h4-13,24H,3H2,1-2H3. The predicted molar refractivity (Wildman–Crippen MR) is 103 cm³/mol. The van der Waals surface area contributed by atoms with Gasteiger partial charge in [-0.25, -0.2) is 4.79 Å². The molecule has 0 amide bonds. The number of fused-ring (bicyclic) bond motifs is 3. The number of hydrogen-bond donors (Lipinski definition) is 1. The summed E-state index contributed by atoms with van der Waals surface area (Å²) in [6.45, 7) is 2.01. The second-order valence-electron chi connectivity index (χ2n) is 6.21. The number of para-hydroxylation sites is 1. The summed E-state index contributed by atoms with van der Waals surface area (Å²) in [5.74, 6) is -0.549. The number of rotatable bonds is 3. The van der Waals surface area contributed by atoms with E-state index in [9.17, 15) is 9.90 Å². The molecule has 4 aromatic rings. The van der Waals surface area contributed by atoms with Crippen molar-refractivity contribution in [2.45, 2.75) is 6.92 Å². The van der Waals surface area contributed by atoms with E-state index in [1.165, 1.54) is 0 Å². The smallest absolute Gasteiger partial charge is 0.341 e. The molecule has 4 heteroatoms. The summed E-state index contributed by atoms with van der Waals surface area (Å²) in [6, 6.07) is 19.5. The van der Waals surface area contributed by atoms with Crippen molar-refractivity contribution in [1.82, 2.24) is 4.57 Å². The molecule has 0 atom stereocenters. The Hall–Kier alpha value is -3.27. The van der Waals surface area contributed by atoms with E-state index in [0.29, 0.717) is 5.39 Å². The van der Waals surface area contributed by atoms with Crippen molar-refractivity contribution in [2.24, 2.45) is 7.05 Å². The normalized spacial score (nSPS) is 11.2. The zero-order chi connectivity index (χ0) is 18.3. The first-order valence-electron chi connectivity index (χ1n) is 8.59.